The third-order valence-electron chi connectivity index (χ3n) is 4.54. The van der Waals surface area contributed by atoms with E-state index in [1.54, 1.807) is 12.1 Å². The number of rotatable bonds is 6. The average Bonchev–Trinajstić information content (AvgIpc) is 2.64. The van der Waals surface area contributed by atoms with Crippen LogP contribution in [0.25, 0.3) is 10.8 Å². The molecule has 0 aliphatic heterocycles. The molecule has 1 nitrogen and oxygen atoms in total. The molecule has 0 aliphatic rings. The van der Waals surface area contributed by atoms with E-state index in [2.05, 4.69) is 5.32 Å². The Morgan fingerprint density at radius 2 is 1.81 bits per heavy atom. The van der Waals surface area contributed by atoms with E-state index in [1.165, 1.54) is 12.1 Å². The number of hydrogen-bond acceptors (Lipinski definition) is 1. The van der Waals surface area contributed by atoms with Crippen molar-refractivity contribution in [3.8, 4) is 0 Å². The Bertz CT molecular complexity index is 916. The Kier molecular flexibility index (Phi) is 5.21. The molecule has 0 saturated carbocycles. The molecule has 4 heteroatoms. The molecule has 0 heterocycles. The van der Waals surface area contributed by atoms with E-state index in [0.29, 0.717) is 24.6 Å². The third-order valence-corrected chi connectivity index (χ3v) is 4.54. The summed E-state index contributed by atoms with van der Waals surface area (Å²) >= 11 is 0. The summed E-state index contributed by atoms with van der Waals surface area (Å²) < 4.78 is 46.5. The van der Waals surface area contributed by atoms with E-state index < -0.39 is 11.7 Å². The molecule has 0 aromatic heterocycles. The van der Waals surface area contributed by atoms with Gasteiger partial charge in [-0.15, -0.1) is 0 Å². The van der Waals surface area contributed by atoms with Crippen molar-refractivity contribution in [1.82, 2.24) is 5.32 Å². The Balaban J connectivity index is 1.60. The molecule has 1 N–H and O–H groups in total. The fourth-order valence-electron chi connectivity index (χ4n) is 3.16. The summed E-state index contributed by atoms with van der Waals surface area (Å²) in [5.74, 6) is 0. The summed E-state index contributed by atoms with van der Waals surface area (Å²) in [6.07, 6.45) is -2.97. The highest BCUT2D eigenvalue weighted by molar-refractivity contribution is 5.86. The molecular formula is C22H22F3N. The fourth-order valence-corrected chi connectivity index (χ4v) is 3.16. The van der Waals surface area contributed by atoms with Gasteiger partial charge in [0, 0.05) is 6.04 Å². The Hall–Kier alpha value is -2.33. The lowest BCUT2D eigenvalue weighted by atomic mass is 9.99. The van der Waals surface area contributed by atoms with Crippen molar-refractivity contribution in [1.29, 1.82) is 0 Å². The van der Waals surface area contributed by atoms with Gasteiger partial charge in [0.1, 0.15) is 0 Å². The van der Waals surface area contributed by atoms with E-state index in [1.807, 2.05) is 37.3 Å². The zero-order valence-corrected chi connectivity index (χ0v) is 14.6. The van der Waals surface area contributed by atoms with Crippen molar-refractivity contribution in [2.24, 2.45) is 0 Å². The van der Waals surface area contributed by atoms with Gasteiger partial charge < -0.3 is 5.32 Å². The van der Waals surface area contributed by atoms with Crippen molar-refractivity contribution >= 4 is 10.8 Å². The van der Waals surface area contributed by atoms with Crippen LogP contribution in [-0.2, 0) is 12.6 Å². The molecule has 0 bridgehead atoms. The van der Waals surface area contributed by atoms with E-state index >= 15 is 0 Å². The largest absolute Gasteiger partial charge is 0.416 e. The first-order valence-corrected chi connectivity index (χ1v) is 8.74. The van der Waals surface area contributed by atoms with Gasteiger partial charge in [-0.2, -0.15) is 13.2 Å². The lowest BCUT2D eigenvalue weighted by Gasteiger charge is -2.17. The second-order valence-electron chi connectivity index (χ2n) is 6.46. The van der Waals surface area contributed by atoms with E-state index in [0.717, 1.165) is 28.8 Å². The van der Waals surface area contributed by atoms with Crippen LogP contribution in [0, 0.1) is 0 Å². The summed E-state index contributed by atoms with van der Waals surface area (Å²) in [5, 5.41) is 5.41. The second kappa shape index (κ2) is 7.92. The Morgan fingerprint density at radius 3 is 2.62 bits per heavy atom. The lowest BCUT2D eigenvalue weighted by Crippen LogP contribution is -2.20. The molecule has 136 valence electrons. The standard InChI is InChI=1S/C22H22F3N/c1-16(20-13-5-10-18-9-2-3-12-21(18)20)26-14-6-8-17-7-4-11-19(15-17)22(23,24)25/h2-5,7,9-13,15-16,26H,6,8,14H2,1H3/t16-/m1/s1/i12T. The van der Waals surface area contributed by atoms with Crippen molar-refractivity contribution in [2.75, 3.05) is 6.54 Å². The van der Waals surface area contributed by atoms with Crippen LogP contribution in [0.2, 0.25) is 0 Å². The number of alkyl halides is 3. The van der Waals surface area contributed by atoms with Crippen LogP contribution in [0.4, 0.5) is 13.2 Å². The number of aryl methyl sites for hydroxylation is 1. The smallest absolute Gasteiger partial charge is 0.310 e. The molecule has 26 heavy (non-hydrogen) atoms. The van der Waals surface area contributed by atoms with Gasteiger partial charge in [-0.25, -0.2) is 0 Å². The molecule has 0 fully saturated rings. The zero-order valence-electron chi connectivity index (χ0n) is 15.6. The van der Waals surface area contributed by atoms with Gasteiger partial charge in [0.05, 0.1) is 6.93 Å². The van der Waals surface area contributed by atoms with Gasteiger partial charge in [-0.1, -0.05) is 60.6 Å². The van der Waals surface area contributed by atoms with Gasteiger partial charge >= 0.3 is 6.18 Å². The summed E-state index contributed by atoms with van der Waals surface area (Å²) in [6, 6.07) is 17.7. The monoisotopic (exact) mass is 359 g/mol. The summed E-state index contributed by atoms with van der Waals surface area (Å²) in [4.78, 5) is 0. The van der Waals surface area contributed by atoms with Gasteiger partial charge in [0.15, 0.2) is 0 Å². The van der Waals surface area contributed by atoms with Crippen molar-refractivity contribution in [3.63, 3.8) is 0 Å². The first-order chi connectivity index (χ1) is 12.9. The minimum atomic E-state index is -4.30. The van der Waals surface area contributed by atoms with Crippen LogP contribution in [-0.4, -0.2) is 6.54 Å². The molecule has 0 radical (unpaired) electrons. The molecule has 3 aromatic rings. The highest BCUT2D eigenvalue weighted by atomic mass is 19.4. The summed E-state index contributed by atoms with van der Waals surface area (Å²) in [5.41, 5.74) is 1.16. The average molecular weight is 359 g/mol. The zero-order chi connectivity index (χ0) is 19.4. The minimum absolute atomic E-state index is 0.0571. The first kappa shape index (κ1) is 17.1. The molecule has 0 saturated heterocycles. The third kappa shape index (κ3) is 4.44. The van der Waals surface area contributed by atoms with Gasteiger partial charge in [0.2, 0.25) is 0 Å². The molecule has 1 atom stereocenters. The minimum Gasteiger partial charge on any atom is -0.310 e. The predicted octanol–water partition coefficient (Wildman–Crippen LogP) is 6.14. The Morgan fingerprint density at radius 1 is 1.04 bits per heavy atom. The topological polar surface area (TPSA) is 12.0 Å². The first-order valence-electron chi connectivity index (χ1n) is 9.24. The Labute approximate surface area is 153 Å². The van der Waals surface area contributed by atoms with Crippen LogP contribution in [0.3, 0.4) is 0 Å². The maximum absolute atomic E-state index is 12.8. The maximum atomic E-state index is 12.8. The van der Waals surface area contributed by atoms with Crippen LogP contribution in [0.15, 0.2) is 66.7 Å². The van der Waals surface area contributed by atoms with Gasteiger partial charge in [-0.3, -0.25) is 0 Å². The molecular weight excluding hydrogens is 335 g/mol. The molecule has 0 aliphatic carbocycles. The summed E-state index contributed by atoms with van der Waals surface area (Å²) in [7, 11) is 0. The summed E-state index contributed by atoms with van der Waals surface area (Å²) in [6.45, 7) is 2.74. The molecule has 3 aromatic carbocycles. The highest BCUT2D eigenvalue weighted by Gasteiger charge is 2.30. The van der Waals surface area contributed by atoms with Crippen LogP contribution in [0.5, 0.6) is 0 Å². The van der Waals surface area contributed by atoms with Gasteiger partial charge in [-0.05, 0) is 54.3 Å². The SMILES string of the molecule is [3H]c1cccc2cccc([C@@H](C)NCCCc3cccc(C(F)(F)F)c3)c12. The van der Waals surface area contributed by atoms with Crippen LogP contribution < -0.4 is 5.32 Å². The van der Waals surface area contributed by atoms with E-state index in [9.17, 15) is 13.2 Å². The highest BCUT2D eigenvalue weighted by Crippen LogP contribution is 2.29. The second-order valence-corrected chi connectivity index (χ2v) is 6.46. The fraction of sp³-hybridized carbons (Fsp3) is 0.273. The molecule has 0 unspecified atom stereocenters. The molecule has 0 spiro atoms. The number of fused-ring (bicyclic) bond motifs is 1. The van der Waals surface area contributed by atoms with Crippen LogP contribution >= 0.6 is 0 Å². The maximum Gasteiger partial charge on any atom is 0.416 e. The van der Waals surface area contributed by atoms with Crippen molar-refractivity contribution < 1.29 is 14.5 Å². The van der Waals surface area contributed by atoms with Crippen LogP contribution in [0.1, 0.15) is 37.4 Å². The van der Waals surface area contributed by atoms with Gasteiger partial charge in [0.25, 0.3) is 0 Å². The normalized spacial score (nSPS) is 13.6. The number of nitrogens with one attached hydrogen (secondary N) is 1. The number of hydrogen-bond donors (Lipinski definition) is 1. The van der Waals surface area contributed by atoms with E-state index in [4.69, 9.17) is 1.37 Å². The molecule has 3 rings (SSSR count). The van der Waals surface area contributed by atoms with E-state index in [-0.39, 0.29) is 6.04 Å². The number of halogens is 3. The molecule has 0 amide bonds. The van der Waals surface area contributed by atoms with Crippen molar-refractivity contribution in [2.45, 2.75) is 32.0 Å². The lowest BCUT2D eigenvalue weighted by molar-refractivity contribution is -0.137. The predicted molar refractivity (Wildman–Crippen MR) is 100 cm³/mol. The quantitative estimate of drug-likeness (QED) is 0.521. The van der Waals surface area contributed by atoms with Crippen molar-refractivity contribution in [3.05, 3.63) is 83.4 Å². The number of benzene rings is 3.